The number of hydrogen-bond acceptors (Lipinski definition) is 4. The van der Waals surface area contributed by atoms with Crippen molar-refractivity contribution in [2.45, 2.75) is 17.6 Å². The van der Waals surface area contributed by atoms with Gasteiger partial charge in [0, 0.05) is 28.7 Å². The number of hydrogen-bond donors (Lipinski definition) is 0. The van der Waals surface area contributed by atoms with E-state index in [1.54, 1.807) is 12.1 Å². The molecule has 86 valence electrons. The van der Waals surface area contributed by atoms with Crippen molar-refractivity contribution < 1.29 is 13.3 Å². The number of nitrogens with zero attached hydrogens (tertiary/aromatic N) is 1. The third-order valence-corrected chi connectivity index (χ3v) is 4.53. The first-order valence-electron chi connectivity index (χ1n) is 4.57. The Kier molecular flexibility index (Phi) is 2.63. The van der Waals surface area contributed by atoms with Crippen LogP contribution >= 0.6 is 10.7 Å². The molecule has 1 aliphatic rings. The zero-order valence-corrected chi connectivity index (χ0v) is 9.61. The van der Waals surface area contributed by atoms with Crippen LogP contribution in [0.5, 0.6) is 0 Å². The minimum atomic E-state index is -3.56. The summed E-state index contributed by atoms with van der Waals surface area (Å²) < 4.78 is 22.1. The summed E-state index contributed by atoms with van der Waals surface area (Å²) in [7, 11) is 1.66. The third kappa shape index (κ3) is 2.17. The van der Waals surface area contributed by atoms with Crippen LogP contribution in [-0.2, 0) is 9.05 Å². The molecule has 0 aliphatic heterocycles. The largest absolute Gasteiger partial charge is 0.269 e. The number of benzene rings is 1. The van der Waals surface area contributed by atoms with Gasteiger partial charge in [0.2, 0.25) is 9.05 Å². The number of non-ortho nitro benzene ring substituents is 1. The lowest BCUT2D eigenvalue weighted by Gasteiger charge is -1.98. The standard InChI is InChI=1S/C9H8ClNO4S/c10-16(14,15)9-5-8(9)6-2-1-3-7(4-6)11(12)13/h1-4,8-9H,5H2. The zero-order valence-electron chi connectivity index (χ0n) is 8.04. The Hall–Kier alpha value is -1.14. The Morgan fingerprint density at radius 2 is 2.12 bits per heavy atom. The molecule has 1 saturated carbocycles. The molecule has 2 atom stereocenters. The number of rotatable bonds is 3. The maximum absolute atomic E-state index is 11.0. The summed E-state index contributed by atoms with van der Waals surface area (Å²) in [6.07, 6.45) is 0.438. The van der Waals surface area contributed by atoms with Gasteiger partial charge in [0.25, 0.3) is 5.69 Å². The van der Waals surface area contributed by atoms with Crippen LogP contribution in [0.3, 0.4) is 0 Å². The monoisotopic (exact) mass is 261 g/mol. The molecular formula is C9H8ClNO4S. The lowest BCUT2D eigenvalue weighted by atomic mass is 10.1. The second kappa shape index (κ2) is 3.71. The Balaban J connectivity index is 2.25. The molecule has 16 heavy (non-hydrogen) atoms. The van der Waals surface area contributed by atoms with Crippen molar-refractivity contribution in [3.8, 4) is 0 Å². The van der Waals surface area contributed by atoms with Crippen molar-refractivity contribution in [3.05, 3.63) is 39.9 Å². The zero-order chi connectivity index (χ0) is 11.9. The van der Waals surface area contributed by atoms with Crippen LogP contribution in [0.1, 0.15) is 17.9 Å². The number of nitro benzene ring substituents is 1. The SMILES string of the molecule is O=[N+]([O-])c1cccc(C2CC2S(=O)(=O)Cl)c1. The minimum absolute atomic E-state index is 0.0323. The predicted molar refractivity (Wildman–Crippen MR) is 59.0 cm³/mol. The normalized spacial score (nSPS) is 24.1. The fourth-order valence-corrected chi connectivity index (χ4v) is 3.28. The van der Waals surface area contributed by atoms with Crippen LogP contribution in [0.2, 0.25) is 0 Å². The second-order valence-electron chi connectivity index (χ2n) is 3.71. The first-order chi connectivity index (χ1) is 7.39. The van der Waals surface area contributed by atoms with Gasteiger partial charge in [-0.1, -0.05) is 12.1 Å². The molecule has 1 fully saturated rings. The van der Waals surface area contributed by atoms with Gasteiger partial charge in [-0.05, 0) is 12.0 Å². The molecule has 7 heteroatoms. The van der Waals surface area contributed by atoms with Crippen LogP contribution in [0, 0.1) is 10.1 Å². The van der Waals surface area contributed by atoms with E-state index in [1.807, 2.05) is 0 Å². The van der Waals surface area contributed by atoms with Crippen LogP contribution in [0.15, 0.2) is 24.3 Å². The molecule has 0 radical (unpaired) electrons. The third-order valence-electron chi connectivity index (χ3n) is 2.60. The van der Waals surface area contributed by atoms with E-state index in [-0.39, 0.29) is 11.6 Å². The van der Waals surface area contributed by atoms with Gasteiger partial charge in [0.05, 0.1) is 10.2 Å². The van der Waals surface area contributed by atoms with Crippen LogP contribution in [0.4, 0.5) is 5.69 Å². The van der Waals surface area contributed by atoms with E-state index >= 15 is 0 Å². The molecule has 0 bridgehead atoms. The van der Waals surface area contributed by atoms with Gasteiger partial charge >= 0.3 is 0 Å². The Morgan fingerprint density at radius 1 is 1.44 bits per heavy atom. The van der Waals surface area contributed by atoms with Crippen LogP contribution < -0.4 is 0 Å². The van der Waals surface area contributed by atoms with Gasteiger partial charge in [0.1, 0.15) is 0 Å². The van der Waals surface area contributed by atoms with E-state index in [9.17, 15) is 18.5 Å². The lowest BCUT2D eigenvalue weighted by molar-refractivity contribution is -0.384. The Morgan fingerprint density at radius 3 is 2.62 bits per heavy atom. The Labute approximate surface area is 96.6 Å². The first-order valence-corrected chi connectivity index (χ1v) is 6.94. The van der Waals surface area contributed by atoms with Gasteiger partial charge in [-0.2, -0.15) is 0 Å². The summed E-state index contributed by atoms with van der Waals surface area (Å²) in [4.78, 5) is 10.0. The highest BCUT2D eigenvalue weighted by atomic mass is 35.7. The van der Waals surface area contributed by atoms with Crippen LogP contribution in [-0.4, -0.2) is 18.6 Å². The fourth-order valence-electron chi connectivity index (χ4n) is 1.70. The van der Waals surface area contributed by atoms with E-state index in [4.69, 9.17) is 10.7 Å². The van der Waals surface area contributed by atoms with Crippen molar-refractivity contribution in [2.24, 2.45) is 0 Å². The number of nitro groups is 1. The molecule has 0 spiro atoms. The lowest BCUT2D eigenvalue weighted by Crippen LogP contribution is -1.99. The smallest absolute Gasteiger partial charge is 0.258 e. The second-order valence-corrected chi connectivity index (χ2v) is 6.56. The molecule has 0 N–H and O–H groups in total. The van der Waals surface area contributed by atoms with Gasteiger partial charge < -0.3 is 0 Å². The average Bonchev–Trinajstić information content (AvgIpc) is 2.96. The summed E-state index contributed by atoms with van der Waals surface area (Å²) >= 11 is 0. The van der Waals surface area contributed by atoms with Crippen molar-refractivity contribution in [1.29, 1.82) is 0 Å². The Bertz CT molecular complexity index is 542. The highest BCUT2D eigenvalue weighted by Crippen LogP contribution is 2.47. The minimum Gasteiger partial charge on any atom is -0.258 e. The maximum atomic E-state index is 11.0. The molecule has 0 heterocycles. The summed E-state index contributed by atoms with van der Waals surface area (Å²) in [5, 5.41) is 9.94. The molecule has 5 nitrogen and oxygen atoms in total. The molecular weight excluding hydrogens is 254 g/mol. The topological polar surface area (TPSA) is 77.3 Å². The molecule has 1 aromatic carbocycles. The maximum Gasteiger partial charge on any atom is 0.269 e. The van der Waals surface area contributed by atoms with Crippen molar-refractivity contribution >= 4 is 25.4 Å². The summed E-state index contributed by atoms with van der Waals surface area (Å²) in [6.45, 7) is 0. The fraction of sp³-hybridized carbons (Fsp3) is 0.333. The van der Waals surface area contributed by atoms with Crippen LogP contribution in [0.25, 0.3) is 0 Å². The first kappa shape index (κ1) is 11.3. The quantitative estimate of drug-likeness (QED) is 0.474. The van der Waals surface area contributed by atoms with E-state index in [1.165, 1.54) is 12.1 Å². The molecule has 0 aromatic heterocycles. The van der Waals surface area contributed by atoms with E-state index in [2.05, 4.69) is 0 Å². The molecule has 0 amide bonds. The van der Waals surface area contributed by atoms with Crippen molar-refractivity contribution in [3.63, 3.8) is 0 Å². The summed E-state index contributed by atoms with van der Waals surface area (Å²) in [6, 6.07) is 5.99. The van der Waals surface area contributed by atoms with Gasteiger partial charge in [-0.25, -0.2) is 8.42 Å². The molecule has 0 saturated heterocycles. The number of halogens is 1. The molecule has 1 aromatic rings. The predicted octanol–water partition coefficient (Wildman–Crippen LogP) is 2.02. The van der Waals surface area contributed by atoms with E-state index in [0.29, 0.717) is 12.0 Å². The summed E-state index contributed by atoms with van der Waals surface area (Å²) in [5.41, 5.74) is 0.624. The highest BCUT2D eigenvalue weighted by Gasteiger charge is 2.47. The molecule has 2 rings (SSSR count). The van der Waals surface area contributed by atoms with Crippen molar-refractivity contribution in [2.75, 3.05) is 0 Å². The van der Waals surface area contributed by atoms with Gasteiger partial charge in [-0.15, -0.1) is 0 Å². The van der Waals surface area contributed by atoms with Gasteiger partial charge in [-0.3, -0.25) is 10.1 Å². The van der Waals surface area contributed by atoms with E-state index < -0.39 is 19.2 Å². The van der Waals surface area contributed by atoms with Gasteiger partial charge in [0.15, 0.2) is 0 Å². The van der Waals surface area contributed by atoms with Crippen molar-refractivity contribution in [1.82, 2.24) is 0 Å². The molecule has 1 aliphatic carbocycles. The molecule has 2 unspecified atom stereocenters. The highest BCUT2D eigenvalue weighted by molar-refractivity contribution is 8.14. The van der Waals surface area contributed by atoms with E-state index in [0.717, 1.165) is 0 Å². The average molecular weight is 262 g/mol. The summed E-state index contributed by atoms with van der Waals surface area (Å²) in [5.74, 6) is -0.206.